The molecule has 1 atom stereocenters. The molecular weight excluding hydrogens is 172 g/mol. The average Bonchev–Trinajstić information content (AvgIpc) is 2.02. The quantitative estimate of drug-likeness (QED) is 0.382. The van der Waals surface area contributed by atoms with Gasteiger partial charge >= 0.3 is 11.9 Å². The highest BCUT2D eigenvalue weighted by atomic mass is 16.5. The maximum Gasteiger partial charge on any atom is 0.317 e. The summed E-state index contributed by atoms with van der Waals surface area (Å²) in [5, 5.41) is 8.25. The van der Waals surface area contributed by atoms with Gasteiger partial charge in [0.1, 0.15) is 12.5 Å². The van der Waals surface area contributed by atoms with E-state index in [0.29, 0.717) is 6.42 Å². The first-order valence-electron chi connectivity index (χ1n) is 3.75. The summed E-state index contributed by atoms with van der Waals surface area (Å²) in [6.45, 7) is 6.90. The topological polar surface area (TPSA) is 63.6 Å². The van der Waals surface area contributed by atoms with E-state index >= 15 is 0 Å². The standard InChI is InChI=1S/C9H12O4/c1-3-5-7(4-2)13-9(12)6-8(10)11/h3-4,7H,1-2,5-6H2,(H,10,11). The van der Waals surface area contributed by atoms with Gasteiger partial charge in [-0.05, 0) is 0 Å². The van der Waals surface area contributed by atoms with Gasteiger partial charge in [0, 0.05) is 6.42 Å². The fourth-order valence-electron chi connectivity index (χ4n) is 0.691. The predicted molar refractivity (Wildman–Crippen MR) is 47.1 cm³/mol. The van der Waals surface area contributed by atoms with Crippen molar-refractivity contribution in [1.29, 1.82) is 0 Å². The molecule has 0 aliphatic rings. The number of carboxylic acid groups (broad SMARTS) is 1. The lowest BCUT2D eigenvalue weighted by Crippen LogP contribution is -2.17. The van der Waals surface area contributed by atoms with Gasteiger partial charge in [-0.3, -0.25) is 9.59 Å². The molecular formula is C9H12O4. The van der Waals surface area contributed by atoms with Crippen molar-refractivity contribution in [2.75, 3.05) is 0 Å². The molecule has 0 radical (unpaired) electrons. The van der Waals surface area contributed by atoms with Crippen LogP contribution in [0.4, 0.5) is 0 Å². The fraction of sp³-hybridized carbons (Fsp3) is 0.333. The molecule has 0 saturated heterocycles. The molecule has 0 heterocycles. The van der Waals surface area contributed by atoms with Crippen LogP contribution >= 0.6 is 0 Å². The Morgan fingerprint density at radius 2 is 2.08 bits per heavy atom. The summed E-state index contributed by atoms with van der Waals surface area (Å²) in [6, 6.07) is 0. The van der Waals surface area contributed by atoms with Gasteiger partial charge in [-0.2, -0.15) is 0 Å². The van der Waals surface area contributed by atoms with Crippen molar-refractivity contribution in [2.45, 2.75) is 18.9 Å². The average molecular weight is 184 g/mol. The summed E-state index contributed by atoms with van der Waals surface area (Å²) in [4.78, 5) is 20.9. The summed E-state index contributed by atoms with van der Waals surface area (Å²) in [7, 11) is 0. The first-order chi connectivity index (χ1) is 6.10. The minimum absolute atomic E-state index is 0.439. The van der Waals surface area contributed by atoms with Crippen LogP contribution in [0, 0.1) is 0 Å². The molecule has 0 aromatic heterocycles. The second kappa shape index (κ2) is 5.99. The number of ether oxygens (including phenoxy) is 1. The second-order valence-electron chi connectivity index (χ2n) is 2.36. The van der Waals surface area contributed by atoms with Crippen LogP contribution in [-0.4, -0.2) is 23.1 Å². The van der Waals surface area contributed by atoms with Crippen molar-refractivity contribution in [3.05, 3.63) is 25.3 Å². The molecule has 0 aliphatic carbocycles. The summed E-state index contributed by atoms with van der Waals surface area (Å²) in [5.74, 6) is -1.97. The molecule has 0 aromatic carbocycles. The van der Waals surface area contributed by atoms with Gasteiger partial charge in [0.15, 0.2) is 0 Å². The van der Waals surface area contributed by atoms with Gasteiger partial charge in [-0.25, -0.2) is 0 Å². The zero-order valence-electron chi connectivity index (χ0n) is 7.23. The van der Waals surface area contributed by atoms with Crippen molar-refractivity contribution in [3.8, 4) is 0 Å². The Morgan fingerprint density at radius 3 is 2.46 bits per heavy atom. The number of carbonyl (C=O) groups excluding carboxylic acids is 1. The third-order valence-electron chi connectivity index (χ3n) is 1.24. The molecule has 0 saturated carbocycles. The first kappa shape index (κ1) is 11.4. The van der Waals surface area contributed by atoms with Crippen LogP contribution < -0.4 is 0 Å². The zero-order chi connectivity index (χ0) is 10.3. The molecule has 0 amide bonds. The Kier molecular flexibility index (Phi) is 5.27. The third kappa shape index (κ3) is 5.66. The second-order valence-corrected chi connectivity index (χ2v) is 2.36. The molecule has 4 nitrogen and oxygen atoms in total. The van der Waals surface area contributed by atoms with Crippen LogP contribution in [0.1, 0.15) is 12.8 Å². The van der Waals surface area contributed by atoms with E-state index in [2.05, 4.69) is 13.2 Å². The molecule has 0 bridgehead atoms. The number of carbonyl (C=O) groups is 2. The van der Waals surface area contributed by atoms with Crippen LogP contribution in [0.15, 0.2) is 25.3 Å². The zero-order valence-corrected chi connectivity index (χ0v) is 7.23. The summed E-state index contributed by atoms with van der Waals surface area (Å²) >= 11 is 0. The van der Waals surface area contributed by atoms with Crippen molar-refractivity contribution in [3.63, 3.8) is 0 Å². The van der Waals surface area contributed by atoms with E-state index < -0.39 is 24.5 Å². The molecule has 1 N–H and O–H groups in total. The molecule has 13 heavy (non-hydrogen) atoms. The Labute approximate surface area is 76.5 Å². The van der Waals surface area contributed by atoms with Gasteiger partial charge in [0.25, 0.3) is 0 Å². The minimum Gasteiger partial charge on any atom is -0.481 e. The molecule has 0 spiro atoms. The maximum atomic E-state index is 10.8. The maximum absolute atomic E-state index is 10.8. The summed E-state index contributed by atoms with van der Waals surface area (Å²) in [5.41, 5.74) is 0. The van der Waals surface area contributed by atoms with Crippen LogP contribution in [0.2, 0.25) is 0 Å². The lowest BCUT2D eigenvalue weighted by Gasteiger charge is -2.10. The van der Waals surface area contributed by atoms with Gasteiger partial charge in [0.2, 0.25) is 0 Å². The number of carboxylic acids is 1. The number of aliphatic carboxylic acids is 1. The SMILES string of the molecule is C=CCC(C=C)OC(=O)CC(=O)O. The predicted octanol–water partition coefficient (Wildman–Crippen LogP) is 1.14. The van der Waals surface area contributed by atoms with E-state index in [1.165, 1.54) is 6.08 Å². The molecule has 0 aliphatic heterocycles. The molecule has 4 heteroatoms. The van der Waals surface area contributed by atoms with E-state index in [1.54, 1.807) is 6.08 Å². The molecule has 0 aromatic rings. The Morgan fingerprint density at radius 1 is 1.46 bits per heavy atom. The van der Waals surface area contributed by atoms with Crippen molar-refractivity contribution >= 4 is 11.9 Å². The number of esters is 1. The van der Waals surface area contributed by atoms with Gasteiger partial charge in [-0.1, -0.05) is 18.7 Å². The molecule has 0 fully saturated rings. The Hall–Kier alpha value is -1.58. The highest BCUT2D eigenvalue weighted by Gasteiger charge is 2.12. The van der Waals surface area contributed by atoms with Crippen LogP contribution in [0.3, 0.4) is 0 Å². The van der Waals surface area contributed by atoms with E-state index in [-0.39, 0.29) is 0 Å². The van der Waals surface area contributed by atoms with Crippen LogP contribution in [-0.2, 0) is 14.3 Å². The van der Waals surface area contributed by atoms with Gasteiger partial charge in [-0.15, -0.1) is 6.58 Å². The van der Waals surface area contributed by atoms with E-state index in [1.807, 2.05) is 0 Å². The Balaban J connectivity index is 3.92. The first-order valence-corrected chi connectivity index (χ1v) is 3.75. The lowest BCUT2D eigenvalue weighted by atomic mass is 10.2. The fourth-order valence-corrected chi connectivity index (χ4v) is 0.691. The lowest BCUT2D eigenvalue weighted by molar-refractivity contribution is -0.153. The van der Waals surface area contributed by atoms with Crippen molar-refractivity contribution in [1.82, 2.24) is 0 Å². The largest absolute Gasteiger partial charge is 0.481 e. The van der Waals surface area contributed by atoms with Crippen molar-refractivity contribution < 1.29 is 19.4 Å². The summed E-state index contributed by atoms with van der Waals surface area (Å²) in [6.07, 6.45) is 2.34. The molecule has 0 rings (SSSR count). The highest BCUT2D eigenvalue weighted by Crippen LogP contribution is 2.02. The molecule has 1 unspecified atom stereocenters. The van der Waals surface area contributed by atoms with Gasteiger partial charge < -0.3 is 9.84 Å². The number of hydrogen-bond donors (Lipinski definition) is 1. The van der Waals surface area contributed by atoms with E-state index in [9.17, 15) is 9.59 Å². The van der Waals surface area contributed by atoms with E-state index in [4.69, 9.17) is 9.84 Å². The monoisotopic (exact) mass is 184 g/mol. The number of rotatable bonds is 6. The smallest absolute Gasteiger partial charge is 0.317 e. The minimum atomic E-state index is -1.20. The van der Waals surface area contributed by atoms with Gasteiger partial charge in [0.05, 0.1) is 0 Å². The van der Waals surface area contributed by atoms with E-state index in [0.717, 1.165) is 0 Å². The summed E-state index contributed by atoms with van der Waals surface area (Å²) < 4.78 is 4.74. The highest BCUT2D eigenvalue weighted by molar-refractivity contribution is 5.90. The Bertz CT molecular complexity index is 220. The normalized spacial score (nSPS) is 11.4. The molecule has 72 valence electrons. The number of hydrogen-bond acceptors (Lipinski definition) is 3. The van der Waals surface area contributed by atoms with Crippen LogP contribution in [0.5, 0.6) is 0 Å². The van der Waals surface area contributed by atoms with Crippen LogP contribution in [0.25, 0.3) is 0 Å². The third-order valence-corrected chi connectivity index (χ3v) is 1.24. The van der Waals surface area contributed by atoms with Crippen molar-refractivity contribution in [2.24, 2.45) is 0 Å².